The maximum absolute atomic E-state index is 12.2. The van der Waals surface area contributed by atoms with E-state index >= 15 is 0 Å². The fraction of sp³-hybridized carbons (Fsp3) is 0.429. The van der Waals surface area contributed by atoms with Crippen molar-refractivity contribution < 1.29 is 22.5 Å². The zero-order valence-corrected chi connectivity index (χ0v) is 6.31. The van der Waals surface area contributed by atoms with Crippen molar-refractivity contribution >= 4 is 5.78 Å². The smallest absolute Gasteiger partial charge is 0.360 e. The quantitative estimate of drug-likeness (QED) is 0.628. The van der Waals surface area contributed by atoms with Crippen LogP contribution < -0.4 is 0 Å². The summed E-state index contributed by atoms with van der Waals surface area (Å²) in [5.74, 6) is -0.485. The molecule has 0 unspecified atom stereocenters. The van der Waals surface area contributed by atoms with Gasteiger partial charge in [-0.25, -0.2) is 0 Å². The molecule has 2 rings (SSSR count). The monoisotopic (exact) mass is 191 g/mol. The summed E-state index contributed by atoms with van der Waals surface area (Å²) in [6.45, 7) is 0. The average Bonchev–Trinajstić information content (AvgIpc) is 2.51. The van der Waals surface area contributed by atoms with Crippen LogP contribution in [0.25, 0.3) is 0 Å². The van der Waals surface area contributed by atoms with Crippen LogP contribution in [0.4, 0.5) is 13.2 Å². The van der Waals surface area contributed by atoms with Crippen molar-refractivity contribution in [3.8, 4) is 0 Å². The SMILES string of the molecule is O=C1CCc2onc(C(F)(F)F)c21. The molecule has 1 heterocycles. The lowest BCUT2D eigenvalue weighted by Gasteiger charge is -2.01. The summed E-state index contributed by atoms with van der Waals surface area (Å²) in [6.07, 6.45) is -4.30. The molecule has 0 aromatic carbocycles. The molecule has 70 valence electrons. The predicted molar refractivity (Wildman–Crippen MR) is 34.2 cm³/mol. The minimum Gasteiger partial charge on any atom is -0.360 e. The standard InChI is InChI=1S/C7H4F3NO2/c8-7(9,10)6-5-3(12)1-2-4(5)13-11-6/h1-2H2. The van der Waals surface area contributed by atoms with E-state index in [4.69, 9.17) is 0 Å². The highest BCUT2D eigenvalue weighted by Gasteiger charge is 2.43. The van der Waals surface area contributed by atoms with E-state index in [1.807, 2.05) is 0 Å². The van der Waals surface area contributed by atoms with Gasteiger partial charge in [-0.2, -0.15) is 13.2 Å². The summed E-state index contributed by atoms with van der Waals surface area (Å²) >= 11 is 0. The molecule has 6 heteroatoms. The molecule has 0 fully saturated rings. The van der Waals surface area contributed by atoms with Gasteiger partial charge in [0.1, 0.15) is 5.76 Å². The number of alkyl halides is 3. The van der Waals surface area contributed by atoms with E-state index in [0.29, 0.717) is 0 Å². The van der Waals surface area contributed by atoms with Crippen molar-refractivity contribution in [2.24, 2.45) is 0 Å². The van der Waals surface area contributed by atoms with E-state index in [1.54, 1.807) is 0 Å². The summed E-state index contributed by atoms with van der Waals surface area (Å²) in [5.41, 5.74) is -1.57. The number of aromatic nitrogens is 1. The van der Waals surface area contributed by atoms with Crippen LogP contribution in [0.5, 0.6) is 0 Å². The molecule has 1 aliphatic carbocycles. The van der Waals surface area contributed by atoms with Gasteiger partial charge in [-0.15, -0.1) is 0 Å². The fourth-order valence-corrected chi connectivity index (χ4v) is 1.33. The molecule has 0 bridgehead atoms. The largest absolute Gasteiger partial charge is 0.437 e. The van der Waals surface area contributed by atoms with Crippen LogP contribution in [-0.4, -0.2) is 10.9 Å². The maximum Gasteiger partial charge on any atom is 0.437 e. The highest BCUT2D eigenvalue weighted by molar-refractivity contribution is 6.00. The lowest BCUT2D eigenvalue weighted by molar-refractivity contribution is -0.143. The molecule has 0 amide bonds. The van der Waals surface area contributed by atoms with Gasteiger partial charge in [0.05, 0.1) is 5.56 Å². The second-order valence-corrected chi connectivity index (χ2v) is 2.75. The highest BCUT2D eigenvalue weighted by Crippen LogP contribution is 2.36. The number of Topliss-reactive ketones (excluding diaryl/α,β-unsaturated/α-hetero) is 1. The second kappa shape index (κ2) is 2.34. The summed E-state index contributed by atoms with van der Waals surface area (Å²) < 4.78 is 40.9. The van der Waals surface area contributed by atoms with E-state index in [-0.39, 0.29) is 24.2 Å². The van der Waals surface area contributed by atoms with Crippen LogP contribution in [0.1, 0.15) is 28.2 Å². The Bertz CT molecular complexity index is 366. The van der Waals surface area contributed by atoms with Crippen molar-refractivity contribution in [1.29, 1.82) is 0 Å². The molecule has 0 aliphatic heterocycles. The van der Waals surface area contributed by atoms with Gasteiger partial charge in [0.2, 0.25) is 0 Å². The Hall–Kier alpha value is -1.33. The summed E-state index contributed by atoms with van der Waals surface area (Å²) in [4.78, 5) is 11.0. The van der Waals surface area contributed by atoms with Gasteiger partial charge in [-0.3, -0.25) is 4.79 Å². The molecule has 1 aromatic rings. The number of nitrogens with zero attached hydrogens (tertiary/aromatic N) is 1. The Morgan fingerprint density at radius 3 is 2.62 bits per heavy atom. The number of carbonyl (C=O) groups is 1. The molecular formula is C7H4F3NO2. The van der Waals surface area contributed by atoms with Gasteiger partial charge in [0.25, 0.3) is 0 Å². The molecule has 3 nitrogen and oxygen atoms in total. The predicted octanol–water partition coefficient (Wildman–Crippen LogP) is 1.82. The number of fused-ring (bicyclic) bond motifs is 1. The first-order valence-electron chi connectivity index (χ1n) is 3.59. The molecule has 0 atom stereocenters. The fourth-order valence-electron chi connectivity index (χ4n) is 1.33. The Labute approximate surface area is 70.5 Å². The number of ketones is 1. The lowest BCUT2D eigenvalue weighted by atomic mass is 10.2. The highest BCUT2D eigenvalue weighted by atomic mass is 19.4. The van der Waals surface area contributed by atoms with Crippen LogP contribution in [0, 0.1) is 0 Å². The van der Waals surface area contributed by atoms with Crippen LogP contribution in [-0.2, 0) is 12.6 Å². The third-order valence-corrected chi connectivity index (χ3v) is 1.89. The topological polar surface area (TPSA) is 43.1 Å². The molecule has 13 heavy (non-hydrogen) atoms. The molecule has 0 saturated carbocycles. The number of aryl methyl sites for hydroxylation is 1. The molecule has 1 aromatic heterocycles. The zero-order chi connectivity index (χ0) is 9.64. The van der Waals surface area contributed by atoms with Crippen LogP contribution in [0.2, 0.25) is 0 Å². The Kier molecular flexibility index (Phi) is 1.49. The summed E-state index contributed by atoms with van der Waals surface area (Å²) in [7, 11) is 0. The number of hydrogen-bond acceptors (Lipinski definition) is 3. The van der Waals surface area contributed by atoms with Gasteiger partial charge in [-0.1, -0.05) is 5.16 Å². The Morgan fingerprint density at radius 1 is 1.31 bits per heavy atom. The molecule has 0 saturated heterocycles. The van der Waals surface area contributed by atoms with Crippen molar-refractivity contribution in [2.75, 3.05) is 0 Å². The van der Waals surface area contributed by atoms with Gasteiger partial charge in [-0.05, 0) is 0 Å². The Balaban J connectivity index is 2.56. The van der Waals surface area contributed by atoms with E-state index in [9.17, 15) is 18.0 Å². The molecule has 0 spiro atoms. The normalized spacial score (nSPS) is 16.4. The average molecular weight is 191 g/mol. The zero-order valence-electron chi connectivity index (χ0n) is 6.31. The second-order valence-electron chi connectivity index (χ2n) is 2.75. The molecule has 0 N–H and O–H groups in total. The van der Waals surface area contributed by atoms with Gasteiger partial charge in [0.15, 0.2) is 11.5 Å². The van der Waals surface area contributed by atoms with E-state index < -0.39 is 17.7 Å². The van der Waals surface area contributed by atoms with Crippen LogP contribution >= 0.6 is 0 Å². The number of carbonyl (C=O) groups excluding carboxylic acids is 1. The van der Waals surface area contributed by atoms with E-state index in [2.05, 4.69) is 9.68 Å². The first kappa shape index (κ1) is 8.28. The molecule has 0 radical (unpaired) electrons. The minimum atomic E-state index is -4.60. The van der Waals surface area contributed by atoms with Crippen molar-refractivity contribution in [3.05, 3.63) is 17.0 Å². The summed E-state index contributed by atoms with van der Waals surface area (Å²) in [5, 5.41) is 2.84. The van der Waals surface area contributed by atoms with Gasteiger partial charge in [0, 0.05) is 12.8 Å². The Morgan fingerprint density at radius 2 is 2.00 bits per heavy atom. The molecular weight excluding hydrogens is 187 g/mol. The molecule has 1 aliphatic rings. The first-order chi connectivity index (χ1) is 6.00. The van der Waals surface area contributed by atoms with Crippen LogP contribution in [0.3, 0.4) is 0 Å². The summed E-state index contributed by atoms with van der Waals surface area (Å²) in [6, 6.07) is 0. The number of rotatable bonds is 0. The number of halogens is 3. The van der Waals surface area contributed by atoms with Gasteiger partial charge >= 0.3 is 6.18 Å². The third kappa shape index (κ3) is 1.13. The van der Waals surface area contributed by atoms with E-state index in [1.165, 1.54) is 0 Å². The third-order valence-electron chi connectivity index (χ3n) is 1.89. The van der Waals surface area contributed by atoms with Gasteiger partial charge < -0.3 is 4.52 Å². The lowest BCUT2D eigenvalue weighted by Crippen LogP contribution is -2.10. The van der Waals surface area contributed by atoms with Crippen LogP contribution in [0.15, 0.2) is 4.52 Å². The minimum absolute atomic E-state index is 0.0531. The maximum atomic E-state index is 12.2. The van der Waals surface area contributed by atoms with Crippen molar-refractivity contribution in [1.82, 2.24) is 5.16 Å². The van der Waals surface area contributed by atoms with Crippen molar-refractivity contribution in [3.63, 3.8) is 0 Å². The first-order valence-corrected chi connectivity index (χ1v) is 3.59. The van der Waals surface area contributed by atoms with E-state index in [0.717, 1.165) is 0 Å². The number of hydrogen-bond donors (Lipinski definition) is 0. The van der Waals surface area contributed by atoms with Crippen molar-refractivity contribution in [2.45, 2.75) is 19.0 Å².